The lowest BCUT2D eigenvalue weighted by atomic mass is 10.1. The van der Waals surface area contributed by atoms with Crippen LogP contribution in [0, 0.1) is 28.7 Å². The average molecular weight is 490 g/mol. The molecule has 146 valence electrons. The zero-order valence-corrected chi connectivity index (χ0v) is 18.6. The first-order chi connectivity index (χ1) is 13.4. The Morgan fingerprint density at radius 2 is 1.89 bits per heavy atom. The van der Waals surface area contributed by atoms with Crippen LogP contribution in [0.4, 0.5) is 5.69 Å². The number of anilines is 1. The Hall–Kier alpha value is -2.53. The van der Waals surface area contributed by atoms with Crippen LogP contribution < -0.4 is 14.8 Å². The summed E-state index contributed by atoms with van der Waals surface area (Å²) in [6, 6.07) is 11.4. The van der Waals surface area contributed by atoms with Gasteiger partial charge in [0.25, 0.3) is 5.91 Å². The largest absolute Gasteiger partial charge is 0.490 e. The van der Waals surface area contributed by atoms with E-state index >= 15 is 0 Å². The summed E-state index contributed by atoms with van der Waals surface area (Å²) in [4.78, 5) is 12.6. The van der Waals surface area contributed by atoms with Crippen molar-refractivity contribution in [3.8, 4) is 17.6 Å². The van der Waals surface area contributed by atoms with Crippen molar-refractivity contribution in [2.24, 2.45) is 0 Å². The fourth-order valence-corrected chi connectivity index (χ4v) is 3.38. The third-order valence-electron chi connectivity index (χ3n) is 3.94. The topological polar surface area (TPSA) is 71.3 Å². The van der Waals surface area contributed by atoms with Gasteiger partial charge in [-0.2, -0.15) is 5.26 Å². The van der Waals surface area contributed by atoms with Crippen molar-refractivity contribution in [2.75, 3.05) is 18.5 Å². The molecule has 0 aliphatic carbocycles. The molecule has 0 aromatic heterocycles. The number of hydrogen-bond acceptors (Lipinski definition) is 4. The first-order valence-electron chi connectivity index (χ1n) is 8.99. The molecule has 0 bridgehead atoms. The number of aryl methyl sites for hydroxylation is 2. The minimum absolute atomic E-state index is 0.0170. The summed E-state index contributed by atoms with van der Waals surface area (Å²) in [7, 11) is 0. The number of halogens is 1. The summed E-state index contributed by atoms with van der Waals surface area (Å²) in [5.74, 6) is 0.813. The Balaban J connectivity index is 2.36. The number of ether oxygens (including phenoxy) is 2. The molecule has 0 unspecified atom stereocenters. The van der Waals surface area contributed by atoms with E-state index in [-0.39, 0.29) is 5.57 Å². The third-order valence-corrected chi connectivity index (χ3v) is 4.74. The molecule has 28 heavy (non-hydrogen) atoms. The fourth-order valence-electron chi connectivity index (χ4n) is 2.59. The fraction of sp³-hybridized carbons (Fsp3) is 0.273. The lowest BCUT2D eigenvalue weighted by Gasteiger charge is -2.14. The normalized spacial score (nSPS) is 10.9. The third kappa shape index (κ3) is 5.49. The van der Waals surface area contributed by atoms with E-state index in [9.17, 15) is 10.1 Å². The van der Waals surface area contributed by atoms with Gasteiger partial charge in [0.15, 0.2) is 11.5 Å². The highest BCUT2D eigenvalue weighted by atomic mass is 127. The predicted molar refractivity (Wildman–Crippen MR) is 120 cm³/mol. The molecule has 2 aromatic carbocycles. The van der Waals surface area contributed by atoms with Gasteiger partial charge >= 0.3 is 0 Å². The number of carbonyl (C=O) groups is 1. The zero-order valence-electron chi connectivity index (χ0n) is 16.4. The van der Waals surface area contributed by atoms with Crippen LogP contribution in [0.1, 0.15) is 30.5 Å². The molecule has 6 heteroatoms. The molecule has 5 nitrogen and oxygen atoms in total. The number of amides is 1. The van der Waals surface area contributed by atoms with Crippen molar-refractivity contribution in [3.05, 3.63) is 56.2 Å². The quantitative estimate of drug-likeness (QED) is 0.327. The van der Waals surface area contributed by atoms with Crippen LogP contribution in [0.3, 0.4) is 0 Å². The van der Waals surface area contributed by atoms with Gasteiger partial charge in [-0.25, -0.2) is 0 Å². The van der Waals surface area contributed by atoms with E-state index in [1.165, 1.54) is 0 Å². The Labute approximate surface area is 179 Å². The van der Waals surface area contributed by atoms with Crippen LogP contribution in [-0.4, -0.2) is 19.1 Å². The number of benzene rings is 2. The summed E-state index contributed by atoms with van der Waals surface area (Å²) in [5.41, 5.74) is 3.38. The van der Waals surface area contributed by atoms with E-state index in [0.29, 0.717) is 36.0 Å². The molecule has 0 radical (unpaired) electrons. The second kappa shape index (κ2) is 10.1. The number of hydrogen-bond donors (Lipinski definition) is 1. The number of nitrogens with one attached hydrogen (secondary N) is 1. The molecule has 0 fully saturated rings. The molecule has 0 aliphatic rings. The van der Waals surface area contributed by atoms with Gasteiger partial charge in [0, 0.05) is 5.69 Å². The lowest BCUT2D eigenvalue weighted by Crippen LogP contribution is -2.14. The highest BCUT2D eigenvalue weighted by molar-refractivity contribution is 14.1. The van der Waals surface area contributed by atoms with E-state index in [1.54, 1.807) is 12.1 Å². The van der Waals surface area contributed by atoms with Crippen molar-refractivity contribution >= 4 is 40.3 Å². The van der Waals surface area contributed by atoms with Crippen molar-refractivity contribution in [3.63, 3.8) is 0 Å². The van der Waals surface area contributed by atoms with Gasteiger partial charge in [-0.3, -0.25) is 4.79 Å². The molecule has 1 N–H and O–H groups in total. The lowest BCUT2D eigenvalue weighted by molar-refractivity contribution is -0.112. The van der Waals surface area contributed by atoms with Crippen molar-refractivity contribution in [1.82, 2.24) is 0 Å². The SMILES string of the molecule is CCOc1cc(/C=C(/C#N)C(=O)Nc2cc(C)ccc2C)cc(I)c1OCC. The Bertz CT molecular complexity index is 946. The van der Waals surface area contributed by atoms with E-state index in [1.807, 2.05) is 58.0 Å². The van der Waals surface area contributed by atoms with Gasteiger partial charge in [0.05, 0.1) is 16.8 Å². The minimum Gasteiger partial charge on any atom is -0.490 e. The summed E-state index contributed by atoms with van der Waals surface area (Å²) < 4.78 is 12.2. The molecule has 2 aromatic rings. The Morgan fingerprint density at radius 3 is 2.54 bits per heavy atom. The number of nitrogens with zero attached hydrogens (tertiary/aromatic N) is 1. The second-order valence-electron chi connectivity index (χ2n) is 6.14. The van der Waals surface area contributed by atoms with Crippen LogP contribution in [-0.2, 0) is 4.79 Å². The molecule has 2 rings (SSSR count). The zero-order chi connectivity index (χ0) is 20.7. The van der Waals surface area contributed by atoms with Crippen LogP contribution in [0.5, 0.6) is 11.5 Å². The highest BCUT2D eigenvalue weighted by Crippen LogP contribution is 2.35. The monoisotopic (exact) mass is 490 g/mol. The van der Waals surface area contributed by atoms with Crippen LogP contribution in [0.2, 0.25) is 0 Å². The first kappa shape index (κ1) is 21.8. The van der Waals surface area contributed by atoms with Gasteiger partial charge in [-0.15, -0.1) is 0 Å². The molecular weight excluding hydrogens is 467 g/mol. The van der Waals surface area contributed by atoms with E-state index in [2.05, 4.69) is 27.9 Å². The van der Waals surface area contributed by atoms with E-state index in [0.717, 1.165) is 14.7 Å². The van der Waals surface area contributed by atoms with Crippen LogP contribution >= 0.6 is 22.6 Å². The van der Waals surface area contributed by atoms with Gasteiger partial charge in [0.1, 0.15) is 11.6 Å². The first-order valence-corrected chi connectivity index (χ1v) is 10.1. The molecular formula is C22H23IN2O3. The highest BCUT2D eigenvalue weighted by Gasteiger charge is 2.14. The maximum atomic E-state index is 12.6. The van der Waals surface area contributed by atoms with Crippen LogP contribution in [0.15, 0.2) is 35.9 Å². The van der Waals surface area contributed by atoms with Gasteiger partial charge in [0.2, 0.25) is 0 Å². The maximum Gasteiger partial charge on any atom is 0.266 e. The number of carbonyl (C=O) groups excluding carboxylic acids is 1. The summed E-state index contributed by atoms with van der Waals surface area (Å²) in [6.45, 7) is 8.67. The Kier molecular flexibility index (Phi) is 7.88. The smallest absolute Gasteiger partial charge is 0.266 e. The van der Waals surface area contributed by atoms with Crippen molar-refractivity contribution < 1.29 is 14.3 Å². The maximum absolute atomic E-state index is 12.6. The van der Waals surface area contributed by atoms with E-state index in [4.69, 9.17) is 9.47 Å². The number of rotatable bonds is 7. The van der Waals surface area contributed by atoms with Gasteiger partial charge in [-0.05, 0) is 91.3 Å². The minimum atomic E-state index is -0.446. The molecule has 0 spiro atoms. The molecule has 0 saturated carbocycles. The molecule has 0 saturated heterocycles. The molecule has 1 amide bonds. The predicted octanol–water partition coefficient (Wildman–Crippen LogP) is 5.25. The van der Waals surface area contributed by atoms with Gasteiger partial charge < -0.3 is 14.8 Å². The standard InChI is InChI=1S/C22H23IN2O3/c1-5-27-20-12-16(11-18(23)21(20)28-6-2)10-17(13-24)22(26)25-19-9-14(3)7-8-15(19)4/h7-12H,5-6H2,1-4H3,(H,25,26)/b17-10-. The van der Waals surface area contributed by atoms with E-state index < -0.39 is 5.91 Å². The van der Waals surface area contributed by atoms with Crippen molar-refractivity contribution in [1.29, 1.82) is 5.26 Å². The summed E-state index contributed by atoms with van der Waals surface area (Å²) in [5, 5.41) is 12.3. The Morgan fingerprint density at radius 1 is 1.18 bits per heavy atom. The van der Waals surface area contributed by atoms with Gasteiger partial charge in [-0.1, -0.05) is 12.1 Å². The van der Waals surface area contributed by atoms with Crippen molar-refractivity contribution in [2.45, 2.75) is 27.7 Å². The molecule has 0 atom stereocenters. The average Bonchev–Trinajstić information content (AvgIpc) is 2.65. The molecule has 0 aliphatic heterocycles. The second-order valence-corrected chi connectivity index (χ2v) is 7.30. The number of nitriles is 1. The molecule has 0 heterocycles. The summed E-state index contributed by atoms with van der Waals surface area (Å²) >= 11 is 2.16. The van der Waals surface area contributed by atoms with Crippen LogP contribution in [0.25, 0.3) is 6.08 Å². The summed E-state index contributed by atoms with van der Waals surface area (Å²) in [6.07, 6.45) is 1.56.